The average molecular weight is 329 g/mol. The molecule has 1 heterocycles. The summed E-state index contributed by atoms with van der Waals surface area (Å²) in [5, 5.41) is 3.05. The van der Waals surface area contributed by atoms with Crippen LogP contribution in [0.3, 0.4) is 0 Å². The molecule has 3 aliphatic rings. The molecule has 0 aromatic heterocycles. The van der Waals surface area contributed by atoms with E-state index in [0.717, 1.165) is 12.8 Å². The van der Waals surface area contributed by atoms with Gasteiger partial charge in [-0.2, -0.15) is 0 Å². The first kappa shape index (κ1) is 16.1. The summed E-state index contributed by atoms with van der Waals surface area (Å²) in [4.78, 5) is 14.4. The van der Waals surface area contributed by atoms with Crippen molar-refractivity contribution in [2.45, 2.75) is 50.6 Å². The number of hydrogen-bond acceptors (Lipinski definition) is 3. The molecule has 0 spiro atoms. The second-order valence-electron chi connectivity index (χ2n) is 7.19. The zero-order valence-corrected chi connectivity index (χ0v) is 14.3. The largest absolute Gasteiger partial charge is 0.334 e. The molecule has 0 aromatic carbocycles. The van der Waals surface area contributed by atoms with Crippen molar-refractivity contribution in [3.05, 3.63) is 0 Å². The molecule has 1 aliphatic heterocycles. The van der Waals surface area contributed by atoms with E-state index in [1.807, 2.05) is 11.9 Å². The van der Waals surface area contributed by atoms with E-state index < -0.39 is 10.0 Å². The third kappa shape index (κ3) is 3.74. The minimum atomic E-state index is -3.17. The summed E-state index contributed by atoms with van der Waals surface area (Å²) in [6.45, 7) is 0.962. The molecule has 0 aromatic rings. The van der Waals surface area contributed by atoms with Crippen molar-refractivity contribution in [1.29, 1.82) is 0 Å². The van der Waals surface area contributed by atoms with Crippen LogP contribution in [0.2, 0.25) is 0 Å². The van der Waals surface area contributed by atoms with Crippen molar-refractivity contribution in [3.63, 3.8) is 0 Å². The molecule has 1 saturated heterocycles. The number of amides is 2. The summed E-state index contributed by atoms with van der Waals surface area (Å²) in [6.07, 6.45) is 7.85. The number of carbonyl (C=O) groups is 1. The number of nitrogens with one attached hydrogen (secondary N) is 1. The quantitative estimate of drug-likeness (QED) is 0.825. The van der Waals surface area contributed by atoms with E-state index in [-0.39, 0.29) is 12.1 Å². The van der Waals surface area contributed by atoms with Gasteiger partial charge in [0.15, 0.2) is 0 Å². The van der Waals surface area contributed by atoms with E-state index in [1.165, 1.54) is 36.2 Å². The molecule has 3 rings (SSSR count). The van der Waals surface area contributed by atoms with Gasteiger partial charge >= 0.3 is 6.03 Å². The van der Waals surface area contributed by atoms with Gasteiger partial charge in [0.25, 0.3) is 0 Å². The zero-order valence-electron chi connectivity index (χ0n) is 13.5. The molecule has 2 saturated carbocycles. The van der Waals surface area contributed by atoms with Crippen LogP contribution in [0.1, 0.15) is 38.5 Å². The second kappa shape index (κ2) is 6.00. The van der Waals surface area contributed by atoms with Crippen LogP contribution in [0.5, 0.6) is 0 Å². The normalized spacial score (nSPS) is 27.0. The highest BCUT2D eigenvalue weighted by atomic mass is 32.2. The summed E-state index contributed by atoms with van der Waals surface area (Å²) in [5.74, 6) is 1.37. The average Bonchev–Trinajstić information content (AvgIpc) is 3.33. The lowest BCUT2D eigenvalue weighted by Gasteiger charge is -2.34. The van der Waals surface area contributed by atoms with Crippen LogP contribution >= 0.6 is 0 Å². The Bertz CT molecular complexity index is 516. The van der Waals surface area contributed by atoms with Gasteiger partial charge in [0.1, 0.15) is 0 Å². The topological polar surface area (TPSA) is 69.7 Å². The third-order valence-corrected chi connectivity index (χ3v) is 6.43. The van der Waals surface area contributed by atoms with Crippen LogP contribution in [0.15, 0.2) is 0 Å². The van der Waals surface area contributed by atoms with Crippen molar-refractivity contribution in [2.24, 2.45) is 11.8 Å². The monoisotopic (exact) mass is 329 g/mol. The van der Waals surface area contributed by atoms with Crippen molar-refractivity contribution in [1.82, 2.24) is 14.5 Å². The van der Waals surface area contributed by atoms with E-state index >= 15 is 0 Å². The van der Waals surface area contributed by atoms with Crippen LogP contribution in [0.4, 0.5) is 4.79 Å². The fraction of sp³-hybridized carbons (Fsp3) is 0.933. The van der Waals surface area contributed by atoms with Crippen LogP contribution in [0.25, 0.3) is 0 Å². The first-order valence-corrected chi connectivity index (χ1v) is 10.2. The number of rotatable bonds is 5. The lowest BCUT2D eigenvalue weighted by molar-refractivity contribution is 0.165. The smallest absolute Gasteiger partial charge is 0.317 e. The molecule has 6 nitrogen and oxygen atoms in total. The Balaban J connectivity index is 1.56. The maximum Gasteiger partial charge on any atom is 0.317 e. The molecule has 2 amide bonds. The predicted octanol–water partition coefficient (Wildman–Crippen LogP) is 1.24. The summed E-state index contributed by atoms with van der Waals surface area (Å²) in [5.41, 5.74) is 0. The molecule has 126 valence electrons. The van der Waals surface area contributed by atoms with Crippen LogP contribution in [-0.4, -0.2) is 62.1 Å². The standard InChI is InChI=1S/C15H27N3O3S/c1-17(14(11-5-6-11)12-7-8-12)15(19)16-13-4-3-9-18(10-13)22(2,20)21/h11-14H,3-10H2,1-2H3,(H,16,19). The van der Waals surface area contributed by atoms with Crippen LogP contribution in [0, 0.1) is 11.8 Å². The molecule has 7 heteroatoms. The molecule has 1 N–H and O–H groups in total. The van der Waals surface area contributed by atoms with Gasteiger partial charge < -0.3 is 10.2 Å². The van der Waals surface area contributed by atoms with Gasteiger partial charge in [-0.1, -0.05) is 0 Å². The van der Waals surface area contributed by atoms with Crippen molar-refractivity contribution < 1.29 is 13.2 Å². The lowest BCUT2D eigenvalue weighted by Crippen LogP contribution is -2.54. The van der Waals surface area contributed by atoms with Gasteiger partial charge in [0.05, 0.1) is 6.26 Å². The maximum absolute atomic E-state index is 12.5. The highest BCUT2D eigenvalue weighted by molar-refractivity contribution is 7.88. The molecule has 1 unspecified atom stereocenters. The number of carbonyl (C=O) groups excluding carboxylic acids is 1. The fourth-order valence-corrected chi connectivity index (χ4v) is 4.58. The highest BCUT2D eigenvalue weighted by Gasteiger charge is 2.45. The van der Waals surface area contributed by atoms with Crippen LogP contribution < -0.4 is 5.32 Å². The molecular formula is C15H27N3O3S. The number of hydrogen-bond donors (Lipinski definition) is 1. The molecule has 2 aliphatic carbocycles. The van der Waals surface area contributed by atoms with Crippen LogP contribution in [-0.2, 0) is 10.0 Å². The Morgan fingerprint density at radius 2 is 1.77 bits per heavy atom. The van der Waals surface area contributed by atoms with Gasteiger partial charge in [-0.05, 0) is 50.4 Å². The minimum absolute atomic E-state index is 0.0378. The molecule has 22 heavy (non-hydrogen) atoms. The van der Waals surface area contributed by atoms with Gasteiger partial charge in [0.2, 0.25) is 10.0 Å². The zero-order chi connectivity index (χ0) is 15.9. The lowest BCUT2D eigenvalue weighted by atomic mass is 10.1. The second-order valence-corrected chi connectivity index (χ2v) is 9.17. The number of urea groups is 1. The summed E-state index contributed by atoms with van der Waals surface area (Å²) >= 11 is 0. The Kier molecular flexibility index (Phi) is 4.38. The Hall–Kier alpha value is -0.820. The van der Waals surface area contributed by atoms with E-state index in [4.69, 9.17) is 0 Å². The fourth-order valence-electron chi connectivity index (χ4n) is 3.67. The number of piperidine rings is 1. The number of sulfonamides is 1. The van der Waals surface area contributed by atoms with Crippen molar-refractivity contribution in [3.8, 4) is 0 Å². The molecule has 3 fully saturated rings. The predicted molar refractivity (Wildman–Crippen MR) is 85.0 cm³/mol. The van der Waals surface area contributed by atoms with Crippen molar-refractivity contribution >= 4 is 16.1 Å². The molecular weight excluding hydrogens is 302 g/mol. The van der Waals surface area contributed by atoms with Crippen molar-refractivity contribution in [2.75, 3.05) is 26.4 Å². The third-order valence-electron chi connectivity index (χ3n) is 5.16. The summed E-state index contributed by atoms with van der Waals surface area (Å²) < 4.78 is 24.8. The van der Waals surface area contributed by atoms with E-state index in [1.54, 1.807) is 0 Å². The highest BCUT2D eigenvalue weighted by Crippen LogP contribution is 2.46. The Labute approximate surface area is 133 Å². The molecule has 0 radical (unpaired) electrons. The van der Waals surface area contributed by atoms with Gasteiger partial charge in [0, 0.05) is 32.2 Å². The van der Waals surface area contributed by atoms with E-state index in [0.29, 0.717) is 31.0 Å². The van der Waals surface area contributed by atoms with E-state index in [9.17, 15) is 13.2 Å². The van der Waals surface area contributed by atoms with Gasteiger partial charge in [-0.25, -0.2) is 17.5 Å². The summed E-state index contributed by atoms with van der Waals surface area (Å²) in [7, 11) is -1.27. The first-order chi connectivity index (χ1) is 10.4. The van der Waals surface area contributed by atoms with E-state index in [2.05, 4.69) is 5.32 Å². The molecule has 1 atom stereocenters. The maximum atomic E-state index is 12.5. The minimum Gasteiger partial charge on any atom is -0.334 e. The Morgan fingerprint density at radius 3 is 2.27 bits per heavy atom. The number of nitrogens with zero attached hydrogens (tertiary/aromatic N) is 2. The van der Waals surface area contributed by atoms with Gasteiger partial charge in [-0.3, -0.25) is 0 Å². The summed E-state index contributed by atoms with van der Waals surface area (Å²) in [6, 6.07) is 0.274. The SMILES string of the molecule is CN(C(=O)NC1CCCN(S(C)(=O)=O)C1)C(C1CC1)C1CC1. The Morgan fingerprint density at radius 1 is 1.18 bits per heavy atom. The first-order valence-electron chi connectivity index (χ1n) is 8.34. The van der Waals surface area contributed by atoms with Gasteiger partial charge in [-0.15, -0.1) is 0 Å². The molecule has 0 bridgehead atoms.